The first kappa shape index (κ1) is 19.4. The van der Waals surface area contributed by atoms with Crippen LogP contribution in [-0.4, -0.2) is 61.3 Å². The molecule has 27 heavy (non-hydrogen) atoms. The number of carbonyl (C=O) groups excluding carboxylic acids is 2. The molecule has 1 N–H and O–H groups in total. The lowest BCUT2D eigenvalue weighted by Gasteiger charge is -2.31. The lowest BCUT2D eigenvalue weighted by molar-refractivity contribution is -0.130. The van der Waals surface area contributed by atoms with E-state index in [1.54, 1.807) is 31.4 Å². The van der Waals surface area contributed by atoms with Gasteiger partial charge in [0.1, 0.15) is 5.75 Å². The molecule has 2 heterocycles. The Morgan fingerprint density at radius 3 is 2.59 bits per heavy atom. The van der Waals surface area contributed by atoms with Crippen LogP contribution in [-0.2, 0) is 9.59 Å². The van der Waals surface area contributed by atoms with Gasteiger partial charge in [0.25, 0.3) is 5.91 Å². The van der Waals surface area contributed by atoms with Crippen molar-refractivity contribution in [3.63, 3.8) is 0 Å². The van der Waals surface area contributed by atoms with Crippen molar-refractivity contribution in [3.8, 4) is 5.75 Å². The number of amides is 2. The molecule has 2 aliphatic rings. The Kier molecular flexibility index (Phi) is 6.52. The number of hydrogen-bond acceptors (Lipinski definition) is 6. The summed E-state index contributed by atoms with van der Waals surface area (Å²) in [5.74, 6) is -1.12. The van der Waals surface area contributed by atoms with Gasteiger partial charge in [-0.2, -0.15) is 0 Å². The van der Waals surface area contributed by atoms with E-state index >= 15 is 0 Å². The van der Waals surface area contributed by atoms with E-state index in [9.17, 15) is 9.59 Å². The number of likely N-dealkylation sites (tertiary alicyclic amines) is 1. The molecular formula is C19H24N4O3S. The van der Waals surface area contributed by atoms with Gasteiger partial charge < -0.3 is 15.0 Å². The van der Waals surface area contributed by atoms with E-state index in [1.165, 1.54) is 30.4 Å². The highest BCUT2D eigenvalue weighted by molar-refractivity contribution is 7.80. The van der Waals surface area contributed by atoms with Crippen molar-refractivity contribution in [2.24, 2.45) is 10.9 Å². The number of thiocarbonyl (C=S) groups is 1. The molecule has 2 aliphatic heterocycles. The summed E-state index contributed by atoms with van der Waals surface area (Å²) in [6.07, 6.45) is 5.18. The van der Waals surface area contributed by atoms with Gasteiger partial charge in [0, 0.05) is 12.8 Å². The normalized spacial score (nSPS) is 21.6. The first-order valence-electron chi connectivity index (χ1n) is 9.15. The molecule has 1 aromatic rings. The fraction of sp³-hybridized carbons (Fsp3) is 0.474. The quantitative estimate of drug-likeness (QED) is 0.455. The van der Waals surface area contributed by atoms with Crippen molar-refractivity contribution in [2.45, 2.75) is 19.3 Å². The van der Waals surface area contributed by atoms with E-state index in [2.05, 4.69) is 15.2 Å². The van der Waals surface area contributed by atoms with Crippen LogP contribution in [0.25, 0.3) is 0 Å². The van der Waals surface area contributed by atoms with Gasteiger partial charge in [-0.15, -0.1) is 0 Å². The van der Waals surface area contributed by atoms with Crippen LogP contribution in [0.15, 0.2) is 29.3 Å². The molecule has 1 aromatic carbocycles. The van der Waals surface area contributed by atoms with Crippen molar-refractivity contribution in [2.75, 3.05) is 38.2 Å². The Morgan fingerprint density at radius 1 is 1.22 bits per heavy atom. The number of benzene rings is 1. The highest BCUT2D eigenvalue weighted by Gasteiger charge is 2.38. The van der Waals surface area contributed by atoms with E-state index < -0.39 is 17.7 Å². The van der Waals surface area contributed by atoms with Crippen LogP contribution in [0.2, 0.25) is 0 Å². The van der Waals surface area contributed by atoms with Crippen LogP contribution >= 0.6 is 12.2 Å². The van der Waals surface area contributed by atoms with Gasteiger partial charge in [-0.1, -0.05) is 6.42 Å². The zero-order valence-electron chi connectivity index (χ0n) is 15.4. The Morgan fingerprint density at radius 2 is 1.93 bits per heavy atom. The maximum atomic E-state index is 12.8. The molecule has 8 heteroatoms. The van der Waals surface area contributed by atoms with Crippen LogP contribution < -0.4 is 15.0 Å². The summed E-state index contributed by atoms with van der Waals surface area (Å²) in [4.78, 5) is 33.1. The van der Waals surface area contributed by atoms with Crippen LogP contribution in [0.5, 0.6) is 5.75 Å². The molecule has 0 aromatic heterocycles. The van der Waals surface area contributed by atoms with Crippen LogP contribution in [0.4, 0.5) is 5.69 Å². The van der Waals surface area contributed by atoms with Crippen molar-refractivity contribution in [1.82, 2.24) is 10.2 Å². The number of piperidine rings is 1. The predicted molar refractivity (Wildman–Crippen MR) is 108 cm³/mol. The molecule has 0 spiro atoms. The van der Waals surface area contributed by atoms with E-state index in [0.29, 0.717) is 18.0 Å². The summed E-state index contributed by atoms with van der Waals surface area (Å²) in [6, 6.07) is 6.93. The summed E-state index contributed by atoms with van der Waals surface area (Å²) < 4.78 is 5.13. The third-order valence-electron chi connectivity index (χ3n) is 4.78. The summed E-state index contributed by atoms with van der Waals surface area (Å²) in [5, 5.41) is 2.67. The maximum Gasteiger partial charge on any atom is 0.251 e. The lowest BCUT2D eigenvalue weighted by atomic mass is 10.1. The number of ether oxygens (including phenoxy) is 1. The number of rotatable bonds is 6. The molecule has 1 atom stereocenters. The van der Waals surface area contributed by atoms with Crippen LogP contribution in [0, 0.1) is 5.92 Å². The van der Waals surface area contributed by atoms with Gasteiger partial charge in [0.15, 0.2) is 11.0 Å². The van der Waals surface area contributed by atoms with Gasteiger partial charge in [-0.25, -0.2) is 0 Å². The maximum absolute atomic E-state index is 12.8. The fourth-order valence-electron chi connectivity index (χ4n) is 3.26. The van der Waals surface area contributed by atoms with E-state index in [1.807, 2.05) is 0 Å². The van der Waals surface area contributed by atoms with Gasteiger partial charge in [-0.05, 0) is 62.4 Å². The van der Waals surface area contributed by atoms with Crippen molar-refractivity contribution < 1.29 is 14.3 Å². The Balaban J connectivity index is 1.65. The second-order valence-electron chi connectivity index (χ2n) is 6.60. The Labute approximate surface area is 164 Å². The van der Waals surface area contributed by atoms with Crippen molar-refractivity contribution in [3.05, 3.63) is 24.3 Å². The van der Waals surface area contributed by atoms with Gasteiger partial charge >= 0.3 is 0 Å². The Bertz CT molecular complexity index is 729. The second kappa shape index (κ2) is 9.05. The highest BCUT2D eigenvalue weighted by atomic mass is 32.1. The number of methoxy groups -OCH3 is 1. The molecule has 2 fully saturated rings. The molecule has 0 unspecified atom stereocenters. The largest absolute Gasteiger partial charge is 0.497 e. The summed E-state index contributed by atoms with van der Waals surface area (Å²) in [6.45, 7) is 3.61. The molecular weight excluding hydrogens is 364 g/mol. The lowest BCUT2D eigenvalue weighted by Crippen LogP contribution is -2.58. The number of nitrogens with one attached hydrogen (secondary N) is 1. The van der Waals surface area contributed by atoms with Gasteiger partial charge in [-0.3, -0.25) is 19.5 Å². The van der Waals surface area contributed by atoms with Gasteiger partial charge in [0.05, 0.1) is 19.3 Å². The van der Waals surface area contributed by atoms with Gasteiger partial charge in [0.2, 0.25) is 5.91 Å². The SMILES string of the molecule is COc1ccc(N2C(=O)[C@H](C=NCCN3CCCCC3)C(=O)NC2=S)cc1. The fourth-order valence-corrected chi connectivity index (χ4v) is 3.56. The first-order chi connectivity index (χ1) is 13.1. The molecule has 0 saturated carbocycles. The Hall–Kier alpha value is -2.32. The standard InChI is InChI=1S/C19H24N4O3S/c1-26-15-7-5-14(6-8-15)23-18(25)16(17(24)21-19(23)27)13-20-9-12-22-10-3-2-4-11-22/h5-8,13,16H,2-4,9-12H2,1H3,(H,21,24,27)/t16-/m1/s1. The summed E-state index contributed by atoms with van der Waals surface area (Å²) >= 11 is 5.19. The minimum Gasteiger partial charge on any atom is -0.497 e. The molecule has 0 bridgehead atoms. The number of nitrogens with zero attached hydrogens (tertiary/aromatic N) is 3. The zero-order valence-corrected chi connectivity index (χ0v) is 16.2. The molecule has 0 radical (unpaired) electrons. The summed E-state index contributed by atoms with van der Waals surface area (Å²) in [7, 11) is 1.57. The second-order valence-corrected chi connectivity index (χ2v) is 6.99. The monoisotopic (exact) mass is 388 g/mol. The summed E-state index contributed by atoms with van der Waals surface area (Å²) in [5.41, 5.74) is 0.581. The number of aliphatic imine (C=N–C) groups is 1. The number of anilines is 1. The number of carbonyl (C=O) groups is 2. The average molecular weight is 388 g/mol. The van der Waals surface area contributed by atoms with E-state index in [4.69, 9.17) is 17.0 Å². The molecule has 3 rings (SSSR count). The molecule has 0 aliphatic carbocycles. The van der Waals surface area contributed by atoms with Crippen molar-refractivity contribution >= 4 is 41.0 Å². The molecule has 7 nitrogen and oxygen atoms in total. The van der Waals surface area contributed by atoms with E-state index in [-0.39, 0.29) is 5.11 Å². The minimum atomic E-state index is -0.972. The van der Waals surface area contributed by atoms with Crippen LogP contribution in [0.3, 0.4) is 0 Å². The van der Waals surface area contributed by atoms with Crippen LogP contribution in [0.1, 0.15) is 19.3 Å². The predicted octanol–water partition coefficient (Wildman–Crippen LogP) is 1.62. The minimum absolute atomic E-state index is 0.0770. The highest BCUT2D eigenvalue weighted by Crippen LogP contribution is 2.23. The average Bonchev–Trinajstić information content (AvgIpc) is 2.68. The van der Waals surface area contributed by atoms with E-state index in [0.717, 1.165) is 19.6 Å². The van der Waals surface area contributed by atoms with Crippen molar-refractivity contribution in [1.29, 1.82) is 0 Å². The third kappa shape index (κ3) is 4.70. The smallest absolute Gasteiger partial charge is 0.251 e. The first-order valence-corrected chi connectivity index (χ1v) is 9.56. The topological polar surface area (TPSA) is 74.2 Å². The zero-order chi connectivity index (χ0) is 19.2. The third-order valence-corrected chi connectivity index (χ3v) is 5.07. The number of hydrogen-bond donors (Lipinski definition) is 1. The molecule has 2 amide bonds. The molecule has 2 saturated heterocycles. The molecule has 144 valence electrons.